The van der Waals surface area contributed by atoms with Gasteiger partial charge in [-0.1, -0.05) is 23.7 Å². The van der Waals surface area contributed by atoms with E-state index in [9.17, 15) is 15.0 Å². The molecule has 0 atom stereocenters. The van der Waals surface area contributed by atoms with E-state index >= 15 is 0 Å². The summed E-state index contributed by atoms with van der Waals surface area (Å²) in [7, 11) is 0. The van der Waals surface area contributed by atoms with Crippen LogP contribution in [0.15, 0.2) is 47.6 Å². The second kappa shape index (κ2) is 6.76. The molecule has 0 aliphatic carbocycles. The molecule has 0 spiro atoms. The Balaban J connectivity index is 1.91. The number of halogens is 1. The molecule has 0 saturated heterocycles. The zero-order chi connectivity index (χ0) is 15.2. The van der Waals surface area contributed by atoms with E-state index in [0.717, 1.165) is 0 Å². The van der Waals surface area contributed by atoms with Crippen LogP contribution in [-0.2, 0) is 11.2 Å². The maximum Gasteiger partial charge on any atom is 0.244 e. The van der Waals surface area contributed by atoms with E-state index in [2.05, 4.69) is 10.5 Å². The van der Waals surface area contributed by atoms with Gasteiger partial charge in [0.05, 0.1) is 17.7 Å². The molecule has 6 heteroatoms. The van der Waals surface area contributed by atoms with Crippen LogP contribution in [0.1, 0.15) is 11.1 Å². The Morgan fingerprint density at radius 3 is 2.76 bits per heavy atom. The lowest BCUT2D eigenvalue weighted by atomic mass is 10.1. The second-order valence-corrected chi connectivity index (χ2v) is 4.76. The Morgan fingerprint density at radius 2 is 2.05 bits per heavy atom. The molecule has 2 aromatic rings. The van der Waals surface area contributed by atoms with Crippen LogP contribution in [-0.4, -0.2) is 22.3 Å². The molecule has 108 valence electrons. The van der Waals surface area contributed by atoms with E-state index in [1.165, 1.54) is 30.5 Å². The first-order valence-corrected chi connectivity index (χ1v) is 6.51. The Bertz CT molecular complexity index is 686. The molecule has 0 unspecified atom stereocenters. The maximum atomic E-state index is 11.7. The fourth-order valence-corrected chi connectivity index (χ4v) is 1.86. The van der Waals surface area contributed by atoms with Crippen molar-refractivity contribution in [2.45, 2.75) is 6.42 Å². The average molecular weight is 305 g/mol. The van der Waals surface area contributed by atoms with Crippen molar-refractivity contribution in [3.05, 3.63) is 58.6 Å². The molecule has 0 aliphatic heterocycles. The number of rotatable bonds is 4. The van der Waals surface area contributed by atoms with Crippen molar-refractivity contribution in [1.82, 2.24) is 5.43 Å². The molecular weight excluding hydrogens is 292 g/mol. The molecule has 1 amide bonds. The monoisotopic (exact) mass is 304 g/mol. The number of phenols is 2. The topological polar surface area (TPSA) is 81.9 Å². The van der Waals surface area contributed by atoms with Gasteiger partial charge >= 0.3 is 0 Å². The van der Waals surface area contributed by atoms with Crippen LogP contribution in [0.2, 0.25) is 5.02 Å². The van der Waals surface area contributed by atoms with Crippen LogP contribution in [0.3, 0.4) is 0 Å². The molecule has 0 aromatic heterocycles. The van der Waals surface area contributed by atoms with Crippen LogP contribution >= 0.6 is 11.6 Å². The normalized spacial score (nSPS) is 10.7. The number of amides is 1. The SMILES string of the molecule is O=C(Cc1cccc(O)c1)N/N=C/c1ccc(O)c(Cl)c1. The van der Waals surface area contributed by atoms with Gasteiger partial charge in [0.25, 0.3) is 0 Å². The van der Waals surface area contributed by atoms with Crippen molar-refractivity contribution in [3.8, 4) is 11.5 Å². The number of carbonyl (C=O) groups is 1. The average Bonchev–Trinajstić information content (AvgIpc) is 2.43. The number of nitrogens with one attached hydrogen (secondary N) is 1. The summed E-state index contributed by atoms with van der Waals surface area (Å²) < 4.78 is 0. The lowest BCUT2D eigenvalue weighted by Gasteiger charge is -2.01. The van der Waals surface area contributed by atoms with Gasteiger partial charge in [-0.25, -0.2) is 5.43 Å². The zero-order valence-electron chi connectivity index (χ0n) is 11.0. The van der Waals surface area contributed by atoms with Crippen molar-refractivity contribution >= 4 is 23.7 Å². The molecule has 21 heavy (non-hydrogen) atoms. The quantitative estimate of drug-likeness (QED) is 0.599. The van der Waals surface area contributed by atoms with E-state index in [4.69, 9.17) is 11.6 Å². The Morgan fingerprint density at radius 1 is 1.24 bits per heavy atom. The third-order valence-electron chi connectivity index (χ3n) is 2.65. The summed E-state index contributed by atoms with van der Waals surface area (Å²) in [4.78, 5) is 11.7. The van der Waals surface area contributed by atoms with Crippen molar-refractivity contribution < 1.29 is 15.0 Å². The molecule has 5 nitrogen and oxygen atoms in total. The Kier molecular flexibility index (Phi) is 4.79. The predicted molar refractivity (Wildman–Crippen MR) is 80.7 cm³/mol. The van der Waals surface area contributed by atoms with Gasteiger partial charge in [0, 0.05) is 0 Å². The minimum atomic E-state index is -0.304. The smallest absolute Gasteiger partial charge is 0.244 e. The highest BCUT2D eigenvalue weighted by atomic mass is 35.5. The van der Waals surface area contributed by atoms with E-state index in [1.54, 1.807) is 18.2 Å². The molecule has 2 aromatic carbocycles. The fourth-order valence-electron chi connectivity index (χ4n) is 1.67. The molecular formula is C15H13ClN2O3. The number of carbonyl (C=O) groups excluding carboxylic acids is 1. The number of hydrogen-bond acceptors (Lipinski definition) is 4. The Hall–Kier alpha value is -2.53. The van der Waals surface area contributed by atoms with Gasteiger partial charge in [0.2, 0.25) is 5.91 Å². The highest BCUT2D eigenvalue weighted by molar-refractivity contribution is 6.32. The predicted octanol–water partition coefficient (Wildman–Crippen LogP) is 2.44. The first-order chi connectivity index (χ1) is 10.0. The minimum absolute atomic E-state index is 0.0123. The van der Waals surface area contributed by atoms with E-state index in [0.29, 0.717) is 11.1 Å². The standard InChI is InChI=1S/C15H13ClN2O3/c16-13-7-11(4-5-14(13)20)9-17-18-15(21)8-10-2-1-3-12(19)6-10/h1-7,9,19-20H,8H2,(H,18,21)/b17-9+. The summed E-state index contributed by atoms with van der Waals surface area (Å²) in [5, 5.41) is 22.6. The lowest BCUT2D eigenvalue weighted by molar-refractivity contribution is -0.120. The van der Waals surface area contributed by atoms with Gasteiger partial charge in [0.1, 0.15) is 11.5 Å². The summed E-state index contributed by atoms with van der Waals surface area (Å²) in [6.45, 7) is 0. The molecule has 0 radical (unpaired) electrons. The summed E-state index contributed by atoms with van der Waals surface area (Å²) in [5.41, 5.74) is 3.72. The Labute approximate surface area is 126 Å². The number of benzene rings is 2. The van der Waals surface area contributed by atoms with Crippen molar-refractivity contribution in [2.24, 2.45) is 5.10 Å². The summed E-state index contributed by atoms with van der Waals surface area (Å²) >= 11 is 5.75. The number of nitrogens with zero attached hydrogens (tertiary/aromatic N) is 1. The van der Waals surface area contributed by atoms with Gasteiger partial charge in [-0.3, -0.25) is 4.79 Å². The number of hydrogen-bond donors (Lipinski definition) is 3. The first-order valence-electron chi connectivity index (χ1n) is 6.13. The van der Waals surface area contributed by atoms with Crippen LogP contribution in [0.5, 0.6) is 11.5 Å². The second-order valence-electron chi connectivity index (χ2n) is 4.35. The van der Waals surface area contributed by atoms with Crippen molar-refractivity contribution in [3.63, 3.8) is 0 Å². The summed E-state index contributed by atoms with van der Waals surface area (Å²) in [6, 6.07) is 11.0. The zero-order valence-corrected chi connectivity index (χ0v) is 11.7. The number of aromatic hydroxyl groups is 2. The molecule has 0 bridgehead atoms. The molecule has 0 aliphatic rings. The molecule has 0 heterocycles. The van der Waals surface area contributed by atoms with Crippen LogP contribution in [0.4, 0.5) is 0 Å². The minimum Gasteiger partial charge on any atom is -0.508 e. The van der Waals surface area contributed by atoms with Crippen LogP contribution in [0, 0.1) is 0 Å². The molecule has 0 saturated carbocycles. The lowest BCUT2D eigenvalue weighted by Crippen LogP contribution is -2.19. The van der Waals surface area contributed by atoms with Gasteiger partial charge < -0.3 is 10.2 Å². The van der Waals surface area contributed by atoms with E-state index < -0.39 is 0 Å². The molecule has 0 fully saturated rings. The molecule has 2 rings (SSSR count). The van der Waals surface area contributed by atoms with Gasteiger partial charge in [0.15, 0.2) is 0 Å². The number of hydrazone groups is 1. The van der Waals surface area contributed by atoms with E-state index in [1.807, 2.05) is 0 Å². The highest BCUT2D eigenvalue weighted by Crippen LogP contribution is 2.22. The maximum absolute atomic E-state index is 11.7. The number of phenolic OH excluding ortho intramolecular Hbond substituents is 2. The van der Waals surface area contributed by atoms with Gasteiger partial charge in [-0.05, 0) is 41.5 Å². The van der Waals surface area contributed by atoms with Crippen LogP contribution < -0.4 is 5.43 Å². The highest BCUT2D eigenvalue weighted by Gasteiger charge is 2.03. The molecule has 3 N–H and O–H groups in total. The van der Waals surface area contributed by atoms with Crippen molar-refractivity contribution in [1.29, 1.82) is 0 Å². The third kappa shape index (κ3) is 4.50. The van der Waals surface area contributed by atoms with Crippen LogP contribution in [0.25, 0.3) is 0 Å². The van der Waals surface area contributed by atoms with Gasteiger partial charge in [-0.2, -0.15) is 5.10 Å². The summed E-state index contributed by atoms with van der Waals surface area (Å²) in [5.74, 6) is -0.203. The fraction of sp³-hybridized carbons (Fsp3) is 0.0667. The summed E-state index contributed by atoms with van der Waals surface area (Å²) in [6.07, 6.45) is 1.54. The van der Waals surface area contributed by atoms with E-state index in [-0.39, 0.29) is 28.8 Å². The largest absolute Gasteiger partial charge is 0.508 e. The first kappa shape index (κ1) is 14.9. The van der Waals surface area contributed by atoms with Crippen molar-refractivity contribution in [2.75, 3.05) is 0 Å². The third-order valence-corrected chi connectivity index (χ3v) is 2.95. The van der Waals surface area contributed by atoms with Gasteiger partial charge in [-0.15, -0.1) is 0 Å².